The van der Waals surface area contributed by atoms with Gasteiger partial charge in [-0.05, 0) is 43.2 Å². The number of fused-ring (bicyclic) bond motifs is 2. The van der Waals surface area contributed by atoms with E-state index in [9.17, 15) is 9.18 Å². The van der Waals surface area contributed by atoms with E-state index in [1.807, 2.05) is 6.07 Å². The first-order chi connectivity index (χ1) is 14.6. The summed E-state index contributed by atoms with van der Waals surface area (Å²) in [6.45, 7) is 1.86. The first kappa shape index (κ1) is 18.7. The van der Waals surface area contributed by atoms with Crippen LogP contribution in [0.2, 0.25) is 0 Å². The van der Waals surface area contributed by atoms with Crippen molar-refractivity contribution >= 4 is 28.0 Å². The zero-order valence-corrected chi connectivity index (χ0v) is 16.6. The zero-order chi connectivity index (χ0) is 20.7. The van der Waals surface area contributed by atoms with Crippen molar-refractivity contribution in [3.8, 4) is 0 Å². The van der Waals surface area contributed by atoms with Crippen LogP contribution in [0.4, 0.5) is 4.39 Å². The normalized spacial score (nSPS) is 15.1. The molecule has 1 fully saturated rings. The van der Waals surface area contributed by atoms with Gasteiger partial charge in [-0.25, -0.2) is 14.4 Å². The van der Waals surface area contributed by atoms with E-state index < -0.39 is 0 Å². The molecule has 0 bridgehead atoms. The quantitative estimate of drug-likeness (QED) is 0.560. The number of benzene rings is 1. The Labute approximate surface area is 172 Å². The Morgan fingerprint density at radius 2 is 2.10 bits per heavy atom. The minimum atomic E-state index is -0.281. The van der Waals surface area contributed by atoms with E-state index in [0.717, 1.165) is 48.3 Å². The van der Waals surface area contributed by atoms with E-state index in [1.165, 1.54) is 12.1 Å². The summed E-state index contributed by atoms with van der Waals surface area (Å²) >= 11 is 0. The molecular weight excluding hydrogens is 385 g/mol. The Morgan fingerprint density at radius 3 is 2.93 bits per heavy atom. The van der Waals surface area contributed by atoms with E-state index >= 15 is 0 Å². The molecule has 3 aromatic heterocycles. The molecule has 1 aromatic carbocycles. The number of H-pyrrole nitrogens is 1. The summed E-state index contributed by atoms with van der Waals surface area (Å²) < 4.78 is 20.9. The summed E-state index contributed by atoms with van der Waals surface area (Å²) in [7, 11) is 1.74. The van der Waals surface area contributed by atoms with Gasteiger partial charge in [-0.15, -0.1) is 0 Å². The number of aromatic amines is 1. The number of amides is 1. The van der Waals surface area contributed by atoms with Gasteiger partial charge in [0.25, 0.3) is 5.91 Å². The molecule has 1 amide bonds. The van der Waals surface area contributed by atoms with Gasteiger partial charge in [0.15, 0.2) is 5.65 Å². The lowest BCUT2D eigenvalue weighted by atomic mass is 10.1. The Kier molecular flexibility index (Phi) is 4.71. The summed E-state index contributed by atoms with van der Waals surface area (Å²) in [5, 5.41) is 0.785. The molecule has 0 radical (unpaired) electrons. The van der Waals surface area contributed by atoms with Crippen LogP contribution in [0.15, 0.2) is 42.9 Å². The van der Waals surface area contributed by atoms with Crippen molar-refractivity contribution < 1.29 is 13.9 Å². The fourth-order valence-electron chi connectivity index (χ4n) is 4.06. The highest BCUT2D eigenvalue weighted by Crippen LogP contribution is 2.25. The molecule has 1 saturated heterocycles. The van der Waals surface area contributed by atoms with Crippen LogP contribution in [0.3, 0.4) is 0 Å². The second-order valence-electron chi connectivity index (χ2n) is 7.75. The average Bonchev–Trinajstić information content (AvgIpc) is 3.36. The molecule has 0 spiro atoms. The van der Waals surface area contributed by atoms with E-state index in [1.54, 1.807) is 36.6 Å². The van der Waals surface area contributed by atoms with Crippen molar-refractivity contribution in [1.29, 1.82) is 0 Å². The van der Waals surface area contributed by atoms with Crippen molar-refractivity contribution in [3.05, 3.63) is 59.9 Å². The summed E-state index contributed by atoms with van der Waals surface area (Å²) in [5.74, 6) is -0.424. The molecule has 1 aliphatic rings. The largest absolute Gasteiger partial charge is 0.381 e. The number of imidazole rings is 1. The van der Waals surface area contributed by atoms with Gasteiger partial charge in [0.05, 0.1) is 18.4 Å². The fraction of sp³-hybridized carbons (Fsp3) is 0.318. The van der Waals surface area contributed by atoms with E-state index in [0.29, 0.717) is 23.7 Å². The van der Waals surface area contributed by atoms with Gasteiger partial charge >= 0.3 is 0 Å². The minimum absolute atomic E-state index is 0.144. The predicted octanol–water partition coefficient (Wildman–Crippen LogP) is 3.68. The third kappa shape index (κ3) is 3.43. The summed E-state index contributed by atoms with van der Waals surface area (Å²) in [4.78, 5) is 26.8. The molecule has 4 heterocycles. The lowest BCUT2D eigenvalue weighted by molar-refractivity contribution is 0.0704. The number of nitrogens with zero attached hydrogens (tertiary/aromatic N) is 4. The average molecular weight is 407 g/mol. The molecule has 0 saturated carbocycles. The third-order valence-corrected chi connectivity index (χ3v) is 5.64. The number of carbonyl (C=O) groups is 1. The highest BCUT2D eigenvalue weighted by molar-refractivity contribution is 5.96. The van der Waals surface area contributed by atoms with E-state index in [-0.39, 0.29) is 11.7 Å². The number of hydrogen-bond donors (Lipinski definition) is 1. The lowest BCUT2D eigenvalue weighted by Gasteiger charge is -2.23. The van der Waals surface area contributed by atoms with Crippen LogP contribution in [0.5, 0.6) is 0 Å². The summed E-state index contributed by atoms with van der Waals surface area (Å²) in [5.41, 5.74) is 3.67. The topological polar surface area (TPSA) is 76.0 Å². The Morgan fingerprint density at radius 1 is 1.27 bits per heavy atom. The maximum Gasteiger partial charge on any atom is 0.255 e. The van der Waals surface area contributed by atoms with E-state index in [4.69, 9.17) is 4.74 Å². The first-order valence-electron chi connectivity index (χ1n) is 10.0. The van der Waals surface area contributed by atoms with Crippen LogP contribution in [0.1, 0.15) is 34.9 Å². The molecule has 8 heteroatoms. The second kappa shape index (κ2) is 7.53. The highest BCUT2D eigenvalue weighted by Gasteiger charge is 2.20. The number of halogens is 1. The van der Waals surface area contributed by atoms with Crippen molar-refractivity contribution in [1.82, 2.24) is 24.4 Å². The van der Waals surface area contributed by atoms with Crippen LogP contribution in [0.25, 0.3) is 22.1 Å². The second-order valence-corrected chi connectivity index (χ2v) is 7.75. The van der Waals surface area contributed by atoms with Crippen molar-refractivity contribution in [2.24, 2.45) is 0 Å². The number of aromatic nitrogens is 4. The van der Waals surface area contributed by atoms with Crippen LogP contribution in [0, 0.1) is 5.82 Å². The standard InChI is InChI=1S/C22H22FN5O2/c1-27(12-17-9-14-8-16(23)2-3-19(14)26-17)22(29)15-10-20-21(24-11-15)28(13-25-20)18-4-6-30-7-5-18/h2-3,8-11,13,18,26H,4-7,12H2,1H3. The molecule has 7 nitrogen and oxygen atoms in total. The molecule has 0 atom stereocenters. The number of rotatable bonds is 4. The maximum atomic E-state index is 13.4. The molecular formula is C22H22FN5O2. The fourth-order valence-corrected chi connectivity index (χ4v) is 4.06. The van der Waals surface area contributed by atoms with Gasteiger partial charge in [-0.2, -0.15) is 0 Å². The molecule has 30 heavy (non-hydrogen) atoms. The van der Waals surface area contributed by atoms with Gasteiger partial charge in [0, 0.05) is 49.1 Å². The molecule has 1 aliphatic heterocycles. The minimum Gasteiger partial charge on any atom is -0.381 e. The zero-order valence-electron chi connectivity index (χ0n) is 16.6. The first-order valence-corrected chi connectivity index (χ1v) is 10.0. The monoisotopic (exact) mass is 407 g/mol. The third-order valence-electron chi connectivity index (χ3n) is 5.64. The Hall–Kier alpha value is -3.26. The van der Waals surface area contributed by atoms with Crippen LogP contribution in [-0.4, -0.2) is 50.6 Å². The molecule has 1 N–H and O–H groups in total. The number of nitrogens with one attached hydrogen (secondary N) is 1. The van der Waals surface area contributed by atoms with Crippen LogP contribution < -0.4 is 0 Å². The SMILES string of the molecule is CN(Cc1cc2cc(F)ccc2[nH]1)C(=O)c1cnc2c(c1)ncn2C1CCOCC1. The number of carbonyl (C=O) groups excluding carboxylic acids is 1. The van der Waals surface area contributed by atoms with Crippen molar-refractivity contribution in [2.45, 2.75) is 25.4 Å². The van der Waals surface area contributed by atoms with Crippen LogP contribution in [-0.2, 0) is 11.3 Å². The Bertz CT molecular complexity index is 1220. The van der Waals surface area contributed by atoms with E-state index in [2.05, 4.69) is 19.5 Å². The molecule has 5 rings (SSSR count). The van der Waals surface area contributed by atoms with Crippen molar-refractivity contribution in [2.75, 3.05) is 20.3 Å². The van der Waals surface area contributed by atoms with Gasteiger partial charge in [0.1, 0.15) is 11.3 Å². The summed E-state index contributed by atoms with van der Waals surface area (Å²) in [6, 6.07) is 8.56. The maximum absolute atomic E-state index is 13.4. The van der Waals surface area contributed by atoms with Gasteiger partial charge in [-0.1, -0.05) is 0 Å². The van der Waals surface area contributed by atoms with Gasteiger partial charge < -0.3 is 19.2 Å². The number of ether oxygens (including phenoxy) is 1. The molecule has 0 unspecified atom stereocenters. The molecule has 154 valence electrons. The smallest absolute Gasteiger partial charge is 0.255 e. The predicted molar refractivity (Wildman–Crippen MR) is 111 cm³/mol. The van der Waals surface area contributed by atoms with Gasteiger partial charge in [-0.3, -0.25) is 4.79 Å². The molecule has 4 aromatic rings. The molecule has 0 aliphatic carbocycles. The Balaban J connectivity index is 1.35. The number of hydrogen-bond acceptors (Lipinski definition) is 4. The van der Waals surface area contributed by atoms with Gasteiger partial charge in [0.2, 0.25) is 0 Å². The number of pyridine rings is 1. The lowest BCUT2D eigenvalue weighted by Crippen LogP contribution is -2.26. The van der Waals surface area contributed by atoms with Crippen molar-refractivity contribution in [3.63, 3.8) is 0 Å². The summed E-state index contributed by atoms with van der Waals surface area (Å²) in [6.07, 6.45) is 5.28. The highest BCUT2D eigenvalue weighted by atomic mass is 19.1. The van der Waals surface area contributed by atoms with Crippen LogP contribution >= 0.6 is 0 Å².